The summed E-state index contributed by atoms with van der Waals surface area (Å²) in [5.74, 6) is -4.23. The van der Waals surface area contributed by atoms with Crippen LogP contribution in [0.4, 0.5) is 8.78 Å². The second-order valence-electron chi connectivity index (χ2n) is 12.2. The Morgan fingerprint density at radius 3 is 2.80 bits per heavy atom. The van der Waals surface area contributed by atoms with Crippen molar-refractivity contribution in [3.63, 3.8) is 0 Å². The number of para-hydroxylation sites is 1. The zero-order chi connectivity index (χ0) is 35.7. The first-order chi connectivity index (χ1) is 24.0. The number of halogens is 2. The summed E-state index contributed by atoms with van der Waals surface area (Å²) in [4.78, 5) is 42.9. The van der Waals surface area contributed by atoms with Crippen molar-refractivity contribution in [1.29, 1.82) is 5.26 Å². The number of hydrogen-bond donors (Lipinski definition) is 2. The van der Waals surface area contributed by atoms with E-state index < -0.39 is 58.7 Å². The van der Waals surface area contributed by atoms with E-state index in [1.54, 1.807) is 35.1 Å². The van der Waals surface area contributed by atoms with Gasteiger partial charge in [-0.15, -0.1) is 5.10 Å². The molecule has 1 unspecified atom stereocenters. The third-order valence-electron chi connectivity index (χ3n) is 8.41. The van der Waals surface area contributed by atoms with Gasteiger partial charge in [0.2, 0.25) is 11.8 Å². The van der Waals surface area contributed by atoms with Crippen LogP contribution in [0.15, 0.2) is 36.7 Å². The first-order valence-corrected chi connectivity index (χ1v) is 17.8. The number of likely N-dealkylation sites (tertiary alicyclic amines) is 1. The lowest BCUT2D eigenvalue weighted by molar-refractivity contribution is -0.131. The minimum atomic E-state index is -3.57. The smallest absolute Gasteiger partial charge is 0.270 e. The second-order valence-corrected chi connectivity index (χ2v) is 14.1. The van der Waals surface area contributed by atoms with Gasteiger partial charge in [-0.1, -0.05) is 17.3 Å². The molecule has 0 radical (unpaired) electrons. The number of nitrogens with one attached hydrogen (secondary N) is 2. The lowest BCUT2D eigenvalue weighted by Crippen LogP contribution is -2.43. The molecule has 268 valence electrons. The highest BCUT2D eigenvalue weighted by molar-refractivity contribution is 7.87. The fourth-order valence-corrected chi connectivity index (χ4v) is 7.22. The molecule has 1 aromatic carbocycles. The SMILES string of the molecule is N#C[C@@H]1CC(F)(F)CN1C(=O)CNC(=O)c1ccnc2c(OCCCNC(=O)CCCCn3cc(CC4CCCOS4(=O)=O)nn3)cccc12. The number of alkyl halides is 2. The molecule has 3 amide bonds. The number of aryl methyl sites for hydroxylation is 1. The summed E-state index contributed by atoms with van der Waals surface area (Å²) in [7, 11) is -3.57. The fourth-order valence-electron chi connectivity index (χ4n) is 5.85. The van der Waals surface area contributed by atoms with Crippen LogP contribution in [-0.2, 0) is 36.9 Å². The van der Waals surface area contributed by atoms with E-state index in [9.17, 15) is 31.6 Å². The number of carbonyl (C=O) groups excluding carboxylic acids is 3. The van der Waals surface area contributed by atoms with Crippen LogP contribution in [0.5, 0.6) is 5.75 Å². The summed E-state index contributed by atoms with van der Waals surface area (Å²) < 4.78 is 64.0. The molecular formula is C32H38F2N8O7S. The molecule has 4 heterocycles. The van der Waals surface area contributed by atoms with Crippen molar-refractivity contribution in [2.45, 2.75) is 75.1 Å². The van der Waals surface area contributed by atoms with E-state index in [2.05, 4.69) is 25.9 Å². The summed E-state index contributed by atoms with van der Waals surface area (Å²) in [6.07, 6.45) is 6.03. The molecule has 5 rings (SSSR count). The molecule has 15 nitrogen and oxygen atoms in total. The Hall–Kier alpha value is -4.76. The number of fused-ring (bicyclic) bond motifs is 1. The van der Waals surface area contributed by atoms with E-state index in [-0.39, 0.29) is 31.1 Å². The number of ether oxygens (including phenoxy) is 1. The lowest BCUT2D eigenvalue weighted by atomic mass is 10.1. The predicted octanol–water partition coefficient (Wildman–Crippen LogP) is 2.12. The fraction of sp³-hybridized carbons (Fsp3) is 0.531. The van der Waals surface area contributed by atoms with Gasteiger partial charge in [0.15, 0.2) is 0 Å². The van der Waals surface area contributed by atoms with Crippen LogP contribution in [0.1, 0.15) is 61.0 Å². The van der Waals surface area contributed by atoms with Gasteiger partial charge < -0.3 is 20.3 Å². The molecule has 2 saturated heterocycles. The first kappa shape index (κ1) is 36.5. The highest BCUT2D eigenvalue weighted by Gasteiger charge is 2.47. The van der Waals surface area contributed by atoms with E-state index in [1.165, 1.54) is 12.3 Å². The number of aromatic nitrogens is 4. The van der Waals surface area contributed by atoms with Crippen molar-refractivity contribution in [3.8, 4) is 11.8 Å². The molecule has 2 N–H and O–H groups in total. The van der Waals surface area contributed by atoms with Gasteiger partial charge >= 0.3 is 0 Å². The number of amides is 3. The monoisotopic (exact) mass is 716 g/mol. The normalized spacial score (nSPS) is 19.5. The van der Waals surface area contributed by atoms with Gasteiger partial charge in [0.25, 0.3) is 21.9 Å². The molecule has 0 saturated carbocycles. The third-order valence-corrected chi connectivity index (χ3v) is 10.1. The Morgan fingerprint density at radius 2 is 2.00 bits per heavy atom. The van der Waals surface area contributed by atoms with Gasteiger partial charge in [-0.3, -0.25) is 28.2 Å². The topological polar surface area (TPSA) is 198 Å². The van der Waals surface area contributed by atoms with E-state index in [0.29, 0.717) is 74.0 Å². The molecule has 2 aromatic heterocycles. The zero-order valence-electron chi connectivity index (χ0n) is 27.2. The number of nitriles is 1. The van der Waals surface area contributed by atoms with E-state index >= 15 is 0 Å². The molecule has 50 heavy (non-hydrogen) atoms. The minimum absolute atomic E-state index is 0.102. The van der Waals surface area contributed by atoms with Gasteiger partial charge in [0, 0.05) is 50.1 Å². The van der Waals surface area contributed by atoms with Crippen molar-refractivity contribution in [2.24, 2.45) is 0 Å². The molecule has 3 aromatic rings. The predicted molar refractivity (Wildman–Crippen MR) is 173 cm³/mol. The van der Waals surface area contributed by atoms with Crippen LogP contribution in [0.2, 0.25) is 0 Å². The van der Waals surface area contributed by atoms with Gasteiger partial charge in [-0.25, -0.2) is 8.78 Å². The van der Waals surface area contributed by atoms with Crippen LogP contribution in [0, 0.1) is 11.3 Å². The molecule has 0 bridgehead atoms. The van der Waals surface area contributed by atoms with E-state index in [4.69, 9.17) is 14.2 Å². The van der Waals surface area contributed by atoms with Crippen molar-refractivity contribution in [1.82, 2.24) is 35.5 Å². The highest BCUT2D eigenvalue weighted by Crippen LogP contribution is 2.32. The van der Waals surface area contributed by atoms with Crippen LogP contribution in [0.3, 0.4) is 0 Å². The Balaban J connectivity index is 1.00. The van der Waals surface area contributed by atoms with Crippen LogP contribution in [-0.4, -0.2) is 101 Å². The molecule has 2 aliphatic heterocycles. The van der Waals surface area contributed by atoms with Crippen molar-refractivity contribution < 1.29 is 40.5 Å². The Labute approximate surface area is 287 Å². The van der Waals surface area contributed by atoms with Gasteiger partial charge in [-0.05, 0) is 44.2 Å². The molecule has 0 spiro atoms. The molecule has 0 aliphatic carbocycles. The van der Waals surface area contributed by atoms with Crippen molar-refractivity contribution in [2.75, 3.05) is 32.8 Å². The number of unbranched alkanes of at least 4 members (excludes halogenated alkanes) is 1. The summed E-state index contributed by atoms with van der Waals surface area (Å²) in [5, 5.41) is 22.4. The van der Waals surface area contributed by atoms with Crippen LogP contribution in [0.25, 0.3) is 10.9 Å². The number of nitrogens with zero attached hydrogens (tertiary/aromatic N) is 6. The Morgan fingerprint density at radius 1 is 1.16 bits per heavy atom. The maximum absolute atomic E-state index is 13.7. The molecular weight excluding hydrogens is 678 g/mol. The quantitative estimate of drug-likeness (QED) is 0.173. The second kappa shape index (κ2) is 16.3. The highest BCUT2D eigenvalue weighted by atomic mass is 32.2. The van der Waals surface area contributed by atoms with Gasteiger partial charge in [-0.2, -0.15) is 13.7 Å². The van der Waals surface area contributed by atoms with Gasteiger partial charge in [0.05, 0.1) is 48.9 Å². The summed E-state index contributed by atoms with van der Waals surface area (Å²) in [5.41, 5.74) is 1.20. The largest absolute Gasteiger partial charge is 0.491 e. The van der Waals surface area contributed by atoms with E-state index in [0.717, 1.165) is 4.90 Å². The number of benzene rings is 1. The maximum atomic E-state index is 13.7. The zero-order valence-corrected chi connectivity index (χ0v) is 28.0. The number of carbonyl (C=O) groups is 3. The molecule has 2 fully saturated rings. The van der Waals surface area contributed by atoms with E-state index in [1.807, 2.05) is 0 Å². The summed E-state index contributed by atoms with van der Waals surface area (Å²) >= 11 is 0. The minimum Gasteiger partial charge on any atom is -0.491 e. The Kier molecular flexibility index (Phi) is 11.9. The van der Waals surface area contributed by atoms with Crippen molar-refractivity contribution in [3.05, 3.63) is 47.9 Å². The maximum Gasteiger partial charge on any atom is 0.270 e. The number of hydrogen-bond acceptors (Lipinski definition) is 11. The summed E-state index contributed by atoms with van der Waals surface area (Å²) in [6.45, 7) is -0.00725. The first-order valence-electron chi connectivity index (χ1n) is 16.4. The van der Waals surface area contributed by atoms with Crippen molar-refractivity contribution >= 4 is 38.7 Å². The molecule has 18 heteroatoms. The lowest BCUT2D eigenvalue weighted by Gasteiger charge is -2.20. The molecule has 2 atom stereocenters. The summed E-state index contributed by atoms with van der Waals surface area (Å²) in [6, 6.07) is 6.96. The molecule has 2 aliphatic rings. The van der Waals surface area contributed by atoms with Gasteiger partial charge in [0.1, 0.15) is 17.3 Å². The number of pyridine rings is 1. The average molecular weight is 717 g/mol. The van der Waals surface area contributed by atoms with Crippen LogP contribution >= 0.6 is 0 Å². The number of rotatable bonds is 15. The van der Waals surface area contributed by atoms with Crippen LogP contribution < -0.4 is 15.4 Å². The Bertz CT molecular complexity index is 1850. The standard InChI is InChI=1S/C32H38F2N8O7S/c33-32(34)17-23(18-35)42(21-32)29(44)19-38-31(45)26-10-12-37-30-25(26)7-3-8-27(30)48-14-5-11-36-28(43)9-1-2-13-41-20-22(39-40-41)16-24-6-4-15-49-50(24,46)47/h3,7-8,10,12,20,23-24H,1-2,4-6,9,11,13-17,19,21H2,(H,36,43)(H,38,45)/t23-,24?/m0/s1. The average Bonchev–Trinajstić information content (AvgIpc) is 3.68. The third kappa shape index (κ3) is 9.47.